The zero-order valence-corrected chi connectivity index (χ0v) is 68.0. The van der Waals surface area contributed by atoms with Gasteiger partial charge in [0.1, 0.15) is 12.1 Å². The van der Waals surface area contributed by atoms with Gasteiger partial charge in [0.05, 0.1) is 136 Å². The number of nitrogens with zero attached hydrogens (tertiary/aromatic N) is 12. The fourth-order valence-corrected chi connectivity index (χ4v) is 18.9. The number of aryl methyl sites for hydroxylation is 2. The van der Waals surface area contributed by atoms with Crippen LogP contribution in [0.15, 0.2) is 364 Å². The minimum atomic E-state index is 0.429. The summed E-state index contributed by atoms with van der Waals surface area (Å²) in [6, 6.07) is 139. The van der Waals surface area contributed by atoms with Crippen LogP contribution in [0.2, 0.25) is 0 Å². The first kappa shape index (κ1) is 74.3. The molecule has 126 heavy (non-hydrogen) atoms. The highest BCUT2D eigenvalue weighted by atomic mass is 15.0. The van der Waals surface area contributed by atoms with Crippen LogP contribution in [0.4, 0.5) is 0 Å². The summed E-state index contributed by atoms with van der Waals surface area (Å²) in [4.78, 5) is 10.3. The van der Waals surface area contributed by atoms with E-state index in [0.29, 0.717) is 44.8 Å². The van der Waals surface area contributed by atoms with E-state index in [0.717, 1.165) is 210 Å². The molecule has 6 heterocycles. The van der Waals surface area contributed by atoms with E-state index in [1.807, 2.05) is 172 Å². The lowest BCUT2D eigenvalue weighted by atomic mass is 9.91. The molecule has 0 aliphatic rings. The lowest BCUT2D eigenvalue weighted by molar-refractivity contribution is 1.11. The minimum absolute atomic E-state index is 0.429. The van der Waals surface area contributed by atoms with Crippen molar-refractivity contribution in [2.45, 2.75) is 13.8 Å². The number of rotatable bonds is 13. The van der Waals surface area contributed by atoms with Crippen LogP contribution in [0.3, 0.4) is 0 Å². The van der Waals surface area contributed by atoms with Crippen LogP contribution < -0.4 is 0 Å². The molecule has 0 radical (unpaired) electrons. The maximum Gasteiger partial charge on any atom is 0.101 e. The number of hydrogen-bond donors (Lipinski definition) is 0. The highest BCUT2D eigenvalue weighted by Crippen LogP contribution is 2.49. The quantitative estimate of drug-likeness (QED) is 0.109. The predicted octanol–water partition coefficient (Wildman–Crippen LogP) is 27.7. The molecule has 12 nitrogen and oxygen atoms in total. The first-order valence-electron chi connectivity index (χ1n) is 41.5. The first-order chi connectivity index (χ1) is 62.0. The van der Waals surface area contributed by atoms with Gasteiger partial charge in [-0.1, -0.05) is 200 Å². The normalized spacial score (nSPS) is 11.4. The van der Waals surface area contributed by atoms with Gasteiger partial charge in [-0.25, -0.2) is 4.98 Å². The van der Waals surface area contributed by atoms with Crippen molar-refractivity contribution in [2.24, 2.45) is 0 Å². The number of para-hydroxylation sites is 3. The highest BCUT2D eigenvalue weighted by Gasteiger charge is 2.28. The summed E-state index contributed by atoms with van der Waals surface area (Å²) in [6.45, 7) is 4.03. The topological polar surface area (TPSA) is 188 Å². The van der Waals surface area contributed by atoms with Gasteiger partial charge in [0.25, 0.3) is 0 Å². The van der Waals surface area contributed by atoms with E-state index in [-0.39, 0.29) is 0 Å². The molecule has 6 aromatic heterocycles. The van der Waals surface area contributed by atoms with Gasteiger partial charge in [-0.2, -0.15) is 31.6 Å². The third kappa shape index (κ3) is 12.4. The van der Waals surface area contributed by atoms with Crippen molar-refractivity contribution in [3.05, 3.63) is 409 Å². The Bertz CT molecular complexity index is 8580. The summed E-state index contributed by atoms with van der Waals surface area (Å²) in [6.07, 6.45) is 0. The Morgan fingerprint density at radius 3 is 0.976 bits per heavy atom. The van der Waals surface area contributed by atoms with Gasteiger partial charge < -0.3 is 18.3 Å². The fraction of sp³-hybridized carbons (Fsp3) is 0.0175. The molecular weight excluding hydrogens is 1540 g/mol. The van der Waals surface area contributed by atoms with Gasteiger partial charge in [-0.3, -0.25) is 4.98 Å². The van der Waals surface area contributed by atoms with Crippen LogP contribution in [0.1, 0.15) is 44.8 Å². The van der Waals surface area contributed by atoms with Crippen molar-refractivity contribution in [1.82, 2.24) is 28.2 Å². The molecule has 0 N–H and O–H groups in total. The Balaban J connectivity index is 0.762. The van der Waals surface area contributed by atoms with Crippen LogP contribution in [-0.2, 0) is 0 Å². The molecule has 0 saturated carbocycles. The second-order valence-electron chi connectivity index (χ2n) is 32.0. The van der Waals surface area contributed by atoms with Crippen molar-refractivity contribution in [3.63, 3.8) is 0 Å². The Hall–Kier alpha value is -18.0. The summed E-state index contributed by atoms with van der Waals surface area (Å²) < 4.78 is 9.03. The number of nitriles is 6. The zero-order valence-electron chi connectivity index (χ0n) is 68.0. The summed E-state index contributed by atoms with van der Waals surface area (Å²) in [5.41, 5.74) is 31.0. The molecule has 0 fully saturated rings. The van der Waals surface area contributed by atoms with E-state index >= 15 is 0 Å². The molecule has 0 amide bonds. The maximum atomic E-state index is 12.1. The smallest absolute Gasteiger partial charge is 0.101 e. The molecular formula is C114H66N12. The number of pyridine rings is 2. The average Bonchev–Trinajstić information content (AvgIpc) is 1.55. The summed E-state index contributed by atoms with van der Waals surface area (Å²) in [5, 5.41) is 72.5. The molecule has 0 aliphatic carbocycles. The average molecular weight is 1600 g/mol. The predicted molar refractivity (Wildman–Crippen MR) is 506 cm³/mol. The molecule has 22 aromatic rings. The van der Waals surface area contributed by atoms with Gasteiger partial charge in [-0.05, 0) is 244 Å². The molecule has 0 spiro atoms. The largest absolute Gasteiger partial charge is 0.309 e. The Morgan fingerprint density at radius 2 is 0.516 bits per heavy atom. The third-order valence-electron chi connectivity index (χ3n) is 24.7. The molecule has 16 aromatic carbocycles. The van der Waals surface area contributed by atoms with Crippen molar-refractivity contribution >= 4 is 87.2 Å². The van der Waals surface area contributed by atoms with Crippen molar-refractivity contribution in [1.29, 1.82) is 31.6 Å². The van der Waals surface area contributed by atoms with Gasteiger partial charge in [0.15, 0.2) is 0 Å². The van der Waals surface area contributed by atoms with E-state index in [1.165, 1.54) is 0 Å². The highest BCUT2D eigenvalue weighted by molar-refractivity contribution is 6.16. The van der Waals surface area contributed by atoms with Gasteiger partial charge >= 0.3 is 0 Å². The van der Waals surface area contributed by atoms with Crippen molar-refractivity contribution in [3.8, 4) is 160 Å². The standard InChI is InChI=1S/C114H66N12/c1-69-49-85(50-70(2)121-69)96-61-110(88(68-120)60-114(96)126-104-23-13-10-20-91(104)93-44-38-82(57-111(93)126)77-36-29-73(65-117)30-37-77)125-103-22-12-9-19-90(103)94-45-39-84(58-112(94)125)89-43-31-74(66-118)51-95(89)83-42-48-108-100(54-83)99-53-81(76-34-27-72(64-116)28-35-76)41-47-107(99)124(108)113-59-87(67-119)109(62-97(113)86-55-101(78-15-5-3-6-16-78)122-102(56-86)79-17-7-4-8-18-79)123-105-24-14-11-21-92(105)98-52-80(40-46-106(98)123)75-32-25-71(63-115)26-33-75/h3-62H,1-2H3. The van der Waals surface area contributed by atoms with Gasteiger partial charge in [-0.15, -0.1) is 0 Å². The van der Waals surface area contributed by atoms with Crippen LogP contribution in [0, 0.1) is 81.8 Å². The number of hydrogen-bond acceptors (Lipinski definition) is 8. The SMILES string of the molecule is Cc1cc(-c2cc(-n3c4ccccc4c4ccc(-c5ccc(C#N)cc5-c5ccc6c(c5)c5cc(-c7ccc(C#N)cc7)ccc5n6-c5cc(C#N)c(-n6c7ccccc7c7cc(-c8ccc(C#N)cc8)ccc76)cc5-c5cc(-c6ccccc6)nc(-c6ccccc6)c5)cc43)c(C#N)cc2-n2c3ccccc3c3ccc(-c4ccc(C#N)cc4)cc32)cc(C)n1. The summed E-state index contributed by atoms with van der Waals surface area (Å²) in [5.74, 6) is 0. The van der Waals surface area contributed by atoms with Gasteiger partial charge in [0.2, 0.25) is 0 Å². The lowest BCUT2D eigenvalue weighted by Gasteiger charge is -2.20. The molecule has 0 saturated heterocycles. The molecule has 22 rings (SSSR count). The third-order valence-corrected chi connectivity index (χ3v) is 24.7. The molecule has 0 bridgehead atoms. The molecule has 0 unspecified atom stereocenters. The molecule has 0 atom stereocenters. The molecule has 12 heteroatoms. The van der Waals surface area contributed by atoms with Crippen LogP contribution in [0.5, 0.6) is 0 Å². The van der Waals surface area contributed by atoms with Crippen molar-refractivity contribution < 1.29 is 0 Å². The fourth-order valence-electron chi connectivity index (χ4n) is 18.9. The van der Waals surface area contributed by atoms with Gasteiger partial charge in [0, 0.05) is 76.7 Å². The maximum absolute atomic E-state index is 12.1. The molecule has 0 aliphatic heterocycles. The summed E-state index contributed by atoms with van der Waals surface area (Å²) >= 11 is 0. The van der Waals surface area contributed by atoms with Crippen LogP contribution >= 0.6 is 0 Å². The van der Waals surface area contributed by atoms with Crippen LogP contribution in [0.25, 0.3) is 210 Å². The van der Waals surface area contributed by atoms with Crippen LogP contribution in [-0.4, -0.2) is 28.2 Å². The summed E-state index contributed by atoms with van der Waals surface area (Å²) in [7, 11) is 0. The zero-order chi connectivity index (χ0) is 85.0. The second kappa shape index (κ2) is 30.0. The van der Waals surface area contributed by atoms with Crippen molar-refractivity contribution in [2.75, 3.05) is 0 Å². The number of benzene rings is 16. The first-order valence-corrected chi connectivity index (χ1v) is 41.5. The number of fused-ring (bicyclic) bond motifs is 12. The lowest BCUT2D eigenvalue weighted by Crippen LogP contribution is -2.04. The second-order valence-corrected chi connectivity index (χ2v) is 32.0. The van der Waals surface area contributed by atoms with E-state index in [4.69, 9.17) is 9.97 Å². The minimum Gasteiger partial charge on any atom is -0.309 e. The van der Waals surface area contributed by atoms with E-state index in [1.54, 1.807) is 0 Å². The van der Waals surface area contributed by atoms with E-state index < -0.39 is 0 Å². The molecule has 582 valence electrons. The van der Waals surface area contributed by atoms with E-state index in [2.05, 4.69) is 261 Å². The Kier molecular flexibility index (Phi) is 17.7. The Labute approximate surface area is 724 Å². The number of aromatic nitrogens is 6. The van der Waals surface area contributed by atoms with E-state index in [9.17, 15) is 31.6 Å². The Morgan fingerprint density at radius 1 is 0.190 bits per heavy atom. The monoisotopic (exact) mass is 1600 g/mol.